The number of nitrogens with zero attached hydrogens (tertiary/aromatic N) is 2. The number of benzene rings is 3. The molecule has 0 spiro atoms. The number of pyridine rings is 1. The number of para-hydroxylation sites is 1. The van der Waals surface area contributed by atoms with E-state index < -0.39 is 18.5 Å². The van der Waals surface area contributed by atoms with Crippen LogP contribution in [0.2, 0.25) is 10.0 Å². The summed E-state index contributed by atoms with van der Waals surface area (Å²) in [7, 11) is 0. The van der Waals surface area contributed by atoms with Crippen molar-refractivity contribution in [2.24, 2.45) is 0 Å². The van der Waals surface area contributed by atoms with Crippen LogP contribution in [0.5, 0.6) is 0 Å². The average Bonchev–Trinajstić information content (AvgIpc) is 2.89. The van der Waals surface area contributed by atoms with Gasteiger partial charge in [-0.3, -0.25) is 14.7 Å². The largest absolute Gasteiger partial charge is 0.452 e. The summed E-state index contributed by atoms with van der Waals surface area (Å²) < 4.78 is 5.49. The highest BCUT2D eigenvalue weighted by molar-refractivity contribution is 6.44. The van der Waals surface area contributed by atoms with Crippen LogP contribution in [0.4, 0.5) is 5.69 Å². The Labute approximate surface area is 218 Å². The number of hydrogen-bond donors (Lipinski definition) is 1. The molecule has 6 nitrogen and oxygen atoms in total. The highest BCUT2D eigenvalue weighted by Gasteiger charge is 2.27. The average molecular weight is 520 g/mol. The molecule has 0 fully saturated rings. The maximum atomic E-state index is 13.4. The SMILES string of the molecule is O=C(COC(=O)c1c2c(nc3ccccc13)CCN(Cc1ccccc1)C2)Nc1cccc(Cl)c1Cl. The monoisotopic (exact) mass is 519 g/mol. The van der Waals surface area contributed by atoms with Crippen LogP contribution in [0, 0.1) is 0 Å². The molecular weight excluding hydrogens is 497 g/mol. The Bertz CT molecular complexity index is 1440. The van der Waals surface area contributed by atoms with E-state index in [1.165, 1.54) is 5.56 Å². The van der Waals surface area contributed by atoms with Gasteiger partial charge in [0, 0.05) is 42.7 Å². The van der Waals surface area contributed by atoms with E-state index in [4.69, 9.17) is 32.9 Å². The Morgan fingerprint density at radius 3 is 2.58 bits per heavy atom. The summed E-state index contributed by atoms with van der Waals surface area (Å²) in [5, 5.41) is 3.90. The first-order valence-electron chi connectivity index (χ1n) is 11.6. The third kappa shape index (κ3) is 5.21. The lowest BCUT2D eigenvalue weighted by Gasteiger charge is -2.30. The van der Waals surface area contributed by atoms with E-state index in [1.807, 2.05) is 42.5 Å². The minimum absolute atomic E-state index is 0.228. The third-order valence-electron chi connectivity index (χ3n) is 6.14. The lowest BCUT2D eigenvalue weighted by atomic mass is 9.95. The molecule has 4 aromatic rings. The topological polar surface area (TPSA) is 71.5 Å². The maximum absolute atomic E-state index is 13.4. The number of carbonyl (C=O) groups excluding carboxylic acids is 2. The fourth-order valence-electron chi connectivity index (χ4n) is 4.45. The lowest BCUT2D eigenvalue weighted by Crippen LogP contribution is -2.32. The number of halogens is 2. The molecule has 5 rings (SSSR count). The van der Waals surface area contributed by atoms with Crippen molar-refractivity contribution in [1.29, 1.82) is 0 Å². The summed E-state index contributed by atoms with van der Waals surface area (Å²) in [5.41, 5.74) is 4.49. The van der Waals surface area contributed by atoms with Gasteiger partial charge in [0.15, 0.2) is 6.61 Å². The van der Waals surface area contributed by atoms with E-state index in [-0.39, 0.29) is 5.02 Å². The summed E-state index contributed by atoms with van der Waals surface area (Å²) in [6.45, 7) is 1.71. The van der Waals surface area contributed by atoms with Crippen molar-refractivity contribution in [2.45, 2.75) is 19.5 Å². The molecule has 1 aliphatic heterocycles. The van der Waals surface area contributed by atoms with Crippen LogP contribution in [0.25, 0.3) is 10.9 Å². The number of carbonyl (C=O) groups is 2. The van der Waals surface area contributed by atoms with Gasteiger partial charge in [-0.2, -0.15) is 0 Å². The molecule has 1 aromatic heterocycles. The van der Waals surface area contributed by atoms with Crippen LogP contribution < -0.4 is 5.32 Å². The van der Waals surface area contributed by atoms with Crippen molar-refractivity contribution >= 4 is 51.7 Å². The Kier molecular flexibility index (Phi) is 7.18. The van der Waals surface area contributed by atoms with Gasteiger partial charge in [-0.1, -0.05) is 77.8 Å². The molecule has 0 saturated heterocycles. The summed E-state index contributed by atoms with van der Waals surface area (Å²) >= 11 is 12.2. The Morgan fingerprint density at radius 2 is 1.75 bits per heavy atom. The number of anilines is 1. The molecule has 1 amide bonds. The second kappa shape index (κ2) is 10.7. The van der Waals surface area contributed by atoms with Crippen molar-refractivity contribution in [2.75, 3.05) is 18.5 Å². The molecule has 2 heterocycles. The first-order valence-corrected chi connectivity index (χ1v) is 12.3. The molecule has 0 aliphatic carbocycles. The second-order valence-electron chi connectivity index (χ2n) is 8.60. The van der Waals surface area contributed by atoms with Crippen LogP contribution in [-0.2, 0) is 29.0 Å². The van der Waals surface area contributed by atoms with Crippen LogP contribution >= 0.6 is 23.2 Å². The predicted octanol–water partition coefficient (Wildman–Crippen LogP) is 5.90. The van der Waals surface area contributed by atoms with Crippen molar-refractivity contribution < 1.29 is 14.3 Å². The van der Waals surface area contributed by atoms with Crippen LogP contribution in [0.15, 0.2) is 72.8 Å². The highest BCUT2D eigenvalue weighted by Crippen LogP contribution is 2.31. The van der Waals surface area contributed by atoms with Crippen molar-refractivity contribution in [3.8, 4) is 0 Å². The van der Waals surface area contributed by atoms with Gasteiger partial charge < -0.3 is 10.1 Å². The Balaban J connectivity index is 1.38. The number of fused-ring (bicyclic) bond motifs is 2. The molecule has 0 radical (unpaired) electrons. The number of nitrogens with one attached hydrogen (secondary N) is 1. The minimum atomic E-state index is -0.557. The molecule has 0 bridgehead atoms. The maximum Gasteiger partial charge on any atom is 0.339 e. The van der Waals surface area contributed by atoms with Gasteiger partial charge in [-0.15, -0.1) is 0 Å². The number of hydrogen-bond acceptors (Lipinski definition) is 5. The number of esters is 1. The summed E-state index contributed by atoms with van der Waals surface area (Å²) in [5.74, 6) is -1.07. The first kappa shape index (κ1) is 24.3. The number of rotatable bonds is 6. The van der Waals surface area contributed by atoms with Crippen molar-refractivity contribution in [3.63, 3.8) is 0 Å². The zero-order valence-corrected chi connectivity index (χ0v) is 20.9. The van der Waals surface area contributed by atoms with Crippen LogP contribution in [-0.4, -0.2) is 34.9 Å². The van der Waals surface area contributed by atoms with Gasteiger partial charge in [0.25, 0.3) is 5.91 Å². The third-order valence-corrected chi connectivity index (χ3v) is 6.96. The van der Waals surface area contributed by atoms with Gasteiger partial charge in [-0.05, 0) is 23.8 Å². The quantitative estimate of drug-likeness (QED) is 0.321. The fourth-order valence-corrected chi connectivity index (χ4v) is 4.79. The van der Waals surface area contributed by atoms with Gasteiger partial charge >= 0.3 is 5.97 Å². The highest BCUT2D eigenvalue weighted by atomic mass is 35.5. The van der Waals surface area contributed by atoms with Gasteiger partial charge in [-0.25, -0.2) is 4.79 Å². The summed E-state index contributed by atoms with van der Waals surface area (Å²) in [6, 6.07) is 22.6. The zero-order valence-electron chi connectivity index (χ0n) is 19.3. The minimum Gasteiger partial charge on any atom is -0.452 e. The van der Waals surface area contributed by atoms with Crippen LogP contribution in [0.1, 0.15) is 27.2 Å². The van der Waals surface area contributed by atoms with E-state index in [0.29, 0.717) is 28.2 Å². The molecule has 0 atom stereocenters. The molecule has 36 heavy (non-hydrogen) atoms. The molecule has 0 unspecified atom stereocenters. The van der Waals surface area contributed by atoms with E-state index in [2.05, 4.69) is 22.3 Å². The van der Waals surface area contributed by atoms with Gasteiger partial charge in [0.05, 0.1) is 26.8 Å². The second-order valence-corrected chi connectivity index (χ2v) is 9.39. The van der Waals surface area contributed by atoms with Gasteiger partial charge in [0.2, 0.25) is 0 Å². The molecular formula is C28H23Cl2N3O3. The zero-order chi connectivity index (χ0) is 25.1. The molecule has 0 saturated carbocycles. The summed E-state index contributed by atoms with van der Waals surface area (Å²) in [4.78, 5) is 33.0. The van der Waals surface area contributed by atoms with Gasteiger partial charge in [0.1, 0.15) is 0 Å². The Hall–Kier alpha value is -3.45. The number of ether oxygens (including phenoxy) is 1. The smallest absolute Gasteiger partial charge is 0.339 e. The molecule has 1 N–H and O–H groups in total. The standard InChI is InChI=1S/C28H23Cl2N3O3/c29-21-10-6-12-24(27(21)30)32-25(34)17-36-28(35)26-19-9-4-5-11-22(19)31-23-13-14-33(16-20(23)26)15-18-7-2-1-3-8-18/h1-12H,13-17H2,(H,32,34). The normalized spacial score (nSPS) is 13.3. The predicted molar refractivity (Wildman–Crippen MR) is 141 cm³/mol. The molecule has 182 valence electrons. The lowest BCUT2D eigenvalue weighted by molar-refractivity contribution is -0.119. The van der Waals surface area contributed by atoms with E-state index in [9.17, 15) is 9.59 Å². The van der Waals surface area contributed by atoms with E-state index in [0.717, 1.165) is 36.3 Å². The van der Waals surface area contributed by atoms with Crippen molar-refractivity contribution in [3.05, 3.63) is 105 Å². The van der Waals surface area contributed by atoms with E-state index in [1.54, 1.807) is 18.2 Å². The molecule has 3 aromatic carbocycles. The Morgan fingerprint density at radius 1 is 0.972 bits per heavy atom. The number of amides is 1. The van der Waals surface area contributed by atoms with E-state index >= 15 is 0 Å². The van der Waals surface area contributed by atoms with Crippen LogP contribution in [0.3, 0.4) is 0 Å². The fraction of sp³-hybridized carbons (Fsp3) is 0.179. The van der Waals surface area contributed by atoms with Crippen molar-refractivity contribution in [1.82, 2.24) is 9.88 Å². The first-order chi connectivity index (χ1) is 17.5. The molecule has 1 aliphatic rings. The number of aromatic nitrogens is 1. The summed E-state index contributed by atoms with van der Waals surface area (Å²) in [6.07, 6.45) is 0.723. The molecule has 8 heteroatoms.